The number of hydrogen-bond donors (Lipinski definition) is 1. The molecule has 25 heavy (non-hydrogen) atoms. The van der Waals surface area contributed by atoms with Crippen molar-refractivity contribution in [3.05, 3.63) is 64.5 Å². The van der Waals surface area contributed by atoms with Gasteiger partial charge >= 0.3 is 0 Å². The Labute approximate surface area is 144 Å². The average molecular weight is 343 g/mol. The van der Waals surface area contributed by atoms with Gasteiger partial charge < -0.3 is 10.2 Å². The van der Waals surface area contributed by atoms with Gasteiger partial charge in [0.2, 0.25) is 5.91 Å². The van der Waals surface area contributed by atoms with E-state index in [0.29, 0.717) is 25.2 Å². The van der Waals surface area contributed by atoms with Crippen LogP contribution in [-0.4, -0.2) is 23.9 Å². The van der Waals surface area contributed by atoms with E-state index in [1.54, 1.807) is 4.90 Å². The predicted molar refractivity (Wildman–Crippen MR) is 93.1 cm³/mol. The normalized spacial score (nSPS) is 17.2. The molecule has 0 aromatic heterocycles. The molecule has 0 aliphatic carbocycles. The minimum atomic E-state index is -0.647. The van der Waals surface area contributed by atoms with Crippen LogP contribution in [0.15, 0.2) is 48.5 Å². The first kappa shape index (κ1) is 16.9. The van der Waals surface area contributed by atoms with Crippen LogP contribution in [0.25, 0.3) is 0 Å². The molecule has 130 valence electrons. The van der Waals surface area contributed by atoms with E-state index in [4.69, 9.17) is 0 Å². The number of carbonyl (C=O) groups is 1. The predicted octanol–water partition coefficient (Wildman–Crippen LogP) is 3.59. The van der Waals surface area contributed by atoms with E-state index in [9.17, 15) is 19.3 Å². The highest BCUT2D eigenvalue weighted by molar-refractivity contribution is 5.93. The van der Waals surface area contributed by atoms with Gasteiger partial charge in [-0.25, -0.2) is 4.39 Å². The van der Waals surface area contributed by atoms with E-state index in [0.717, 1.165) is 18.2 Å². The van der Waals surface area contributed by atoms with E-state index in [1.807, 2.05) is 30.3 Å². The van der Waals surface area contributed by atoms with Crippen LogP contribution < -0.4 is 10.2 Å². The lowest BCUT2D eigenvalue weighted by Crippen LogP contribution is -2.41. The van der Waals surface area contributed by atoms with E-state index < -0.39 is 10.7 Å². The third kappa shape index (κ3) is 3.93. The summed E-state index contributed by atoms with van der Waals surface area (Å²) in [6.45, 7) is 0.965. The third-order valence-corrected chi connectivity index (χ3v) is 4.31. The van der Waals surface area contributed by atoms with Crippen molar-refractivity contribution in [3.63, 3.8) is 0 Å². The van der Waals surface area contributed by atoms with Crippen LogP contribution in [0.2, 0.25) is 0 Å². The van der Waals surface area contributed by atoms with E-state index in [-0.39, 0.29) is 17.5 Å². The summed E-state index contributed by atoms with van der Waals surface area (Å²) >= 11 is 0. The van der Waals surface area contributed by atoms with Crippen molar-refractivity contribution < 1.29 is 14.1 Å². The fraction of sp³-hybridized carbons (Fsp3) is 0.278. The smallest absolute Gasteiger partial charge is 0.295 e. The van der Waals surface area contributed by atoms with Crippen molar-refractivity contribution in [3.8, 4) is 0 Å². The number of benzene rings is 2. The van der Waals surface area contributed by atoms with Crippen molar-refractivity contribution in [2.24, 2.45) is 5.92 Å². The molecule has 1 unspecified atom stereocenters. The molecule has 1 fully saturated rings. The SMILES string of the molecule is O=C(Nc1ccccc1)C1CCCN(c2ccc(F)cc2[N+](=O)[O-])C1. The first-order valence-electron chi connectivity index (χ1n) is 8.09. The number of rotatable bonds is 4. The van der Waals surface area contributed by atoms with Gasteiger partial charge in [0.25, 0.3) is 5.69 Å². The van der Waals surface area contributed by atoms with E-state index in [2.05, 4.69) is 5.32 Å². The lowest BCUT2D eigenvalue weighted by molar-refractivity contribution is -0.384. The molecule has 2 aromatic rings. The maximum atomic E-state index is 13.3. The molecule has 0 spiro atoms. The van der Waals surface area contributed by atoms with Crippen molar-refractivity contribution in [2.45, 2.75) is 12.8 Å². The van der Waals surface area contributed by atoms with Crippen molar-refractivity contribution in [1.82, 2.24) is 0 Å². The van der Waals surface area contributed by atoms with E-state index >= 15 is 0 Å². The Morgan fingerprint density at radius 3 is 2.72 bits per heavy atom. The van der Waals surface area contributed by atoms with Gasteiger partial charge in [-0.2, -0.15) is 0 Å². The number of halogens is 1. The van der Waals surface area contributed by atoms with Crippen molar-refractivity contribution in [1.29, 1.82) is 0 Å². The summed E-state index contributed by atoms with van der Waals surface area (Å²) in [7, 11) is 0. The number of nitrogens with zero attached hydrogens (tertiary/aromatic N) is 2. The molecule has 2 aromatic carbocycles. The number of para-hydroxylation sites is 1. The second kappa shape index (κ2) is 7.29. The fourth-order valence-electron chi connectivity index (χ4n) is 3.09. The maximum Gasteiger partial charge on any atom is 0.295 e. The summed E-state index contributed by atoms with van der Waals surface area (Å²) in [5.41, 5.74) is 0.796. The summed E-state index contributed by atoms with van der Waals surface area (Å²) in [6, 6.07) is 12.7. The Kier molecular flexibility index (Phi) is 4.92. The zero-order chi connectivity index (χ0) is 17.8. The molecule has 0 saturated carbocycles. The highest BCUT2D eigenvalue weighted by Crippen LogP contribution is 2.32. The number of nitro benzene ring substituents is 1. The second-order valence-corrected chi connectivity index (χ2v) is 6.03. The molecule has 1 amide bonds. The summed E-state index contributed by atoms with van der Waals surface area (Å²) in [4.78, 5) is 24.9. The summed E-state index contributed by atoms with van der Waals surface area (Å²) < 4.78 is 13.3. The molecule has 1 saturated heterocycles. The Morgan fingerprint density at radius 1 is 1.24 bits per heavy atom. The number of hydrogen-bond acceptors (Lipinski definition) is 4. The van der Waals surface area contributed by atoms with Crippen LogP contribution in [0.5, 0.6) is 0 Å². The lowest BCUT2D eigenvalue weighted by atomic mass is 9.96. The number of amides is 1. The summed E-state index contributed by atoms with van der Waals surface area (Å²) in [5.74, 6) is -1.04. The van der Waals surface area contributed by atoms with Crippen LogP contribution in [0.3, 0.4) is 0 Å². The molecule has 1 aliphatic heterocycles. The first-order valence-corrected chi connectivity index (χ1v) is 8.09. The molecule has 1 aliphatic rings. The average Bonchev–Trinajstić information content (AvgIpc) is 2.62. The first-order chi connectivity index (χ1) is 12.0. The number of carbonyl (C=O) groups excluding carboxylic acids is 1. The van der Waals surface area contributed by atoms with E-state index in [1.165, 1.54) is 12.1 Å². The van der Waals surface area contributed by atoms with Gasteiger partial charge in [0, 0.05) is 18.8 Å². The maximum absolute atomic E-state index is 13.3. The fourth-order valence-corrected chi connectivity index (χ4v) is 3.09. The number of nitrogens with one attached hydrogen (secondary N) is 1. The summed E-state index contributed by atoms with van der Waals surface area (Å²) in [5, 5.41) is 14.1. The Bertz CT molecular complexity index is 782. The van der Waals surface area contributed by atoms with Crippen LogP contribution in [0, 0.1) is 21.8 Å². The monoisotopic (exact) mass is 343 g/mol. The van der Waals surface area contributed by atoms with Crippen LogP contribution in [0.1, 0.15) is 12.8 Å². The van der Waals surface area contributed by atoms with Gasteiger partial charge in [-0.15, -0.1) is 0 Å². The second-order valence-electron chi connectivity index (χ2n) is 6.03. The van der Waals surface area contributed by atoms with Gasteiger partial charge in [0.1, 0.15) is 11.5 Å². The van der Waals surface area contributed by atoms with Crippen LogP contribution >= 0.6 is 0 Å². The van der Waals surface area contributed by atoms with Gasteiger partial charge in [-0.3, -0.25) is 14.9 Å². The van der Waals surface area contributed by atoms with Crippen molar-refractivity contribution in [2.75, 3.05) is 23.3 Å². The topological polar surface area (TPSA) is 75.5 Å². The van der Waals surface area contributed by atoms with Crippen LogP contribution in [-0.2, 0) is 4.79 Å². The van der Waals surface area contributed by atoms with Gasteiger partial charge in [0.05, 0.1) is 16.9 Å². The number of nitro groups is 1. The van der Waals surface area contributed by atoms with Crippen LogP contribution in [0.4, 0.5) is 21.5 Å². The Balaban J connectivity index is 1.75. The molecular weight excluding hydrogens is 325 g/mol. The molecule has 1 atom stereocenters. The molecule has 1 heterocycles. The Hall–Kier alpha value is -2.96. The highest BCUT2D eigenvalue weighted by Gasteiger charge is 2.29. The van der Waals surface area contributed by atoms with Gasteiger partial charge in [0.15, 0.2) is 0 Å². The Morgan fingerprint density at radius 2 is 2.00 bits per heavy atom. The zero-order valence-electron chi connectivity index (χ0n) is 13.5. The lowest BCUT2D eigenvalue weighted by Gasteiger charge is -2.33. The standard InChI is InChI=1S/C18H18FN3O3/c19-14-8-9-16(17(11-14)22(24)25)21-10-4-5-13(12-21)18(23)20-15-6-2-1-3-7-15/h1-3,6-9,11,13H,4-5,10,12H2,(H,20,23). The molecule has 7 heteroatoms. The quantitative estimate of drug-likeness (QED) is 0.680. The number of piperidine rings is 1. The highest BCUT2D eigenvalue weighted by atomic mass is 19.1. The van der Waals surface area contributed by atoms with Gasteiger partial charge in [-0.05, 0) is 37.1 Å². The minimum absolute atomic E-state index is 0.110. The molecule has 1 N–H and O–H groups in total. The third-order valence-electron chi connectivity index (χ3n) is 4.31. The zero-order valence-corrected chi connectivity index (χ0v) is 13.5. The van der Waals surface area contributed by atoms with Crippen molar-refractivity contribution >= 4 is 23.0 Å². The minimum Gasteiger partial charge on any atom is -0.365 e. The number of anilines is 2. The molecular formula is C18H18FN3O3. The summed E-state index contributed by atoms with van der Waals surface area (Å²) in [6.07, 6.45) is 1.45. The molecule has 0 radical (unpaired) electrons. The molecule has 3 rings (SSSR count). The largest absolute Gasteiger partial charge is 0.365 e. The molecule has 0 bridgehead atoms. The van der Waals surface area contributed by atoms with Gasteiger partial charge in [-0.1, -0.05) is 18.2 Å². The molecule has 6 nitrogen and oxygen atoms in total.